The lowest BCUT2D eigenvalue weighted by atomic mass is 9.95. The summed E-state index contributed by atoms with van der Waals surface area (Å²) in [6.07, 6.45) is 2.20. The molecule has 108 valence electrons. The molecule has 5 heteroatoms. The second-order valence-corrected chi connectivity index (χ2v) is 5.86. The van der Waals surface area contributed by atoms with Gasteiger partial charge in [-0.1, -0.05) is 6.92 Å². The zero-order valence-corrected chi connectivity index (χ0v) is 12.1. The predicted octanol–water partition coefficient (Wildman–Crippen LogP) is 0.929. The van der Waals surface area contributed by atoms with Crippen LogP contribution in [-0.4, -0.2) is 48.1 Å². The first kappa shape index (κ1) is 14.3. The molecule has 0 radical (unpaired) electrons. The van der Waals surface area contributed by atoms with Crippen LogP contribution < -0.4 is 5.32 Å². The molecule has 2 rings (SSSR count). The zero-order chi connectivity index (χ0) is 14.0. The van der Waals surface area contributed by atoms with E-state index in [-0.39, 0.29) is 17.9 Å². The molecule has 0 spiro atoms. The summed E-state index contributed by atoms with van der Waals surface area (Å²) < 4.78 is 5.55. The van der Waals surface area contributed by atoms with Gasteiger partial charge in [-0.25, -0.2) is 0 Å². The van der Waals surface area contributed by atoms with Gasteiger partial charge in [0.15, 0.2) is 0 Å². The number of hydrogen-bond acceptors (Lipinski definition) is 3. The van der Waals surface area contributed by atoms with Crippen LogP contribution >= 0.6 is 0 Å². The van der Waals surface area contributed by atoms with Crippen LogP contribution in [0.25, 0.3) is 0 Å². The highest BCUT2D eigenvalue weighted by molar-refractivity contribution is 5.93. The van der Waals surface area contributed by atoms with E-state index < -0.39 is 5.54 Å². The van der Waals surface area contributed by atoms with Crippen molar-refractivity contribution in [3.05, 3.63) is 0 Å². The molecule has 0 aliphatic carbocycles. The molecule has 0 saturated carbocycles. The van der Waals surface area contributed by atoms with Crippen LogP contribution in [0.5, 0.6) is 0 Å². The Morgan fingerprint density at radius 1 is 1.47 bits per heavy atom. The maximum absolute atomic E-state index is 12.6. The molecule has 0 aromatic rings. The fourth-order valence-corrected chi connectivity index (χ4v) is 2.82. The maximum atomic E-state index is 12.6. The van der Waals surface area contributed by atoms with Gasteiger partial charge < -0.3 is 15.0 Å². The van der Waals surface area contributed by atoms with Gasteiger partial charge in [-0.15, -0.1) is 0 Å². The van der Waals surface area contributed by atoms with Crippen molar-refractivity contribution in [3.63, 3.8) is 0 Å². The first-order valence-electron chi connectivity index (χ1n) is 7.18. The molecule has 2 heterocycles. The molecule has 1 N–H and O–H groups in total. The fourth-order valence-electron chi connectivity index (χ4n) is 2.82. The van der Waals surface area contributed by atoms with E-state index in [1.54, 1.807) is 0 Å². The molecule has 2 amide bonds. The van der Waals surface area contributed by atoms with E-state index in [1.165, 1.54) is 0 Å². The minimum Gasteiger partial charge on any atom is -0.378 e. The van der Waals surface area contributed by atoms with Crippen molar-refractivity contribution in [1.29, 1.82) is 0 Å². The quantitative estimate of drug-likeness (QED) is 0.828. The largest absolute Gasteiger partial charge is 0.378 e. The highest BCUT2D eigenvalue weighted by Gasteiger charge is 2.40. The Labute approximate surface area is 114 Å². The van der Waals surface area contributed by atoms with Gasteiger partial charge in [0.25, 0.3) is 0 Å². The highest BCUT2D eigenvalue weighted by Crippen LogP contribution is 2.24. The van der Waals surface area contributed by atoms with E-state index in [0.29, 0.717) is 31.8 Å². The topological polar surface area (TPSA) is 58.6 Å². The van der Waals surface area contributed by atoms with Crippen LogP contribution in [0.1, 0.15) is 40.0 Å². The van der Waals surface area contributed by atoms with Gasteiger partial charge >= 0.3 is 0 Å². The molecule has 2 aliphatic rings. The van der Waals surface area contributed by atoms with E-state index in [0.717, 1.165) is 13.0 Å². The summed E-state index contributed by atoms with van der Waals surface area (Å²) in [5, 5.41) is 2.86. The lowest BCUT2D eigenvalue weighted by Gasteiger charge is -2.33. The Morgan fingerprint density at radius 2 is 2.21 bits per heavy atom. The Morgan fingerprint density at radius 3 is 2.79 bits per heavy atom. The summed E-state index contributed by atoms with van der Waals surface area (Å²) in [4.78, 5) is 26.2. The van der Waals surface area contributed by atoms with Crippen molar-refractivity contribution in [2.24, 2.45) is 5.92 Å². The third-order valence-electron chi connectivity index (χ3n) is 4.48. The van der Waals surface area contributed by atoms with Gasteiger partial charge in [-0.3, -0.25) is 9.59 Å². The number of amides is 2. The summed E-state index contributed by atoms with van der Waals surface area (Å²) in [5.74, 6) is 0.397. The average Bonchev–Trinajstić information content (AvgIpc) is 2.74. The number of hydrogen-bond donors (Lipinski definition) is 1. The minimum absolute atomic E-state index is 0.0316. The summed E-state index contributed by atoms with van der Waals surface area (Å²) in [7, 11) is 0. The standard InChI is InChI=1S/C14H24N2O3/c1-4-14(3)13(18)16(7-5-12(17)15-14)9-11-6-8-19-10(11)2/h10-11H,4-9H2,1-3H3,(H,15,17). The van der Waals surface area contributed by atoms with Crippen LogP contribution in [-0.2, 0) is 14.3 Å². The molecule has 2 saturated heterocycles. The molecule has 2 fully saturated rings. The highest BCUT2D eigenvalue weighted by atomic mass is 16.5. The van der Waals surface area contributed by atoms with Crippen molar-refractivity contribution in [2.75, 3.05) is 19.7 Å². The maximum Gasteiger partial charge on any atom is 0.248 e. The average molecular weight is 268 g/mol. The molecule has 19 heavy (non-hydrogen) atoms. The second kappa shape index (κ2) is 5.49. The Kier molecular flexibility index (Phi) is 4.13. The molecule has 3 unspecified atom stereocenters. The number of nitrogens with zero attached hydrogens (tertiary/aromatic N) is 1. The van der Waals surface area contributed by atoms with Crippen LogP contribution in [0.3, 0.4) is 0 Å². The third-order valence-corrected chi connectivity index (χ3v) is 4.48. The van der Waals surface area contributed by atoms with E-state index in [2.05, 4.69) is 12.2 Å². The molecule has 2 aliphatic heterocycles. The second-order valence-electron chi connectivity index (χ2n) is 5.86. The number of carbonyl (C=O) groups is 2. The lowest BCUT2D eigenvalue weighted by molar-refractivity contribution is -0.139. The van der Waals surface area contributed by atoms with Crippen LogP contribution in [0.15, 0.2) is 0 Å². The van der Waals surface area contributed by atoms with Crippen molar-refractivity contribution >= 4 is 11.8 Å². The zero-order valence-electron chi connectivity index (χ0n) is 12.1. The van der Waals surface area contributed by atoms with Gasteiger partial charge in [-0.05, 0) is 26.7 Å². The number of ether oxygens (including phenoxy) is 1. The first-order valence-corrected chi connectivity index (χ1v) is 7.18. The molecule has 3 atom stereocenters. The first-order chi connectivity index (χ1) is 8.96. The SMILES string of the molecule is CCC1(C)NC(=O)CCN(CC2CCOC2C)C1=O. The lowest BCUT2D eigenvalue weighted by Crippen LogP contribution is -2.55. The summed E-state index contributed by atoms with van der Waals surface area (Å²) in [6, 6.07) is 0. The molecule has 0 aromatic carbocycles. The molecular weight excluding hydrogens is 244 g/mol. The van der Waals surface area contributed by atoms with Gasteiger partial charge in [-0.2, -0.15) is 0 Å². The molecular formula is C14H24N2O3. The molecule has 5 nitrogen and oxygen atoms in total. The Balaban J connectivity index is 2.10. The van der Waals surface area contributed by atoms with Crippen molar-refractivity contribution < 1.29 is 14.3 Å². The molecule has 0 bridgehead atoms. The van der Waals surface area contributed by atoms with Crippen LogP contribution in [0, 0.1) is 5.92 Å². The van der Waals surface area contributed by atoms with E-state index in [1.807, 2.05) is 18.7 Å². The Hall–Kier alpha value is -1.10. The van der Waals surface area contributed by atoms with Crippen LogP contribution in [0.4, 0.5) is 0 Å². The Bertz CT molecular complexity index is 372. The normalized spacial score (nSPS) is 36.3. The fraction of sp³-hybridized carbons (Fsp3) is 0.857. The molecule has 0 aromatic heterocycles. The number of nitrogens with one attached hydrogen (secondary N) is 1. The summed E-state index contributed by atoms with van der Waals surface area (Å²) >= 11 is 0. The van der Waals surface area contributed by atoms with Crippen LogP contribution in [0.2, 0.25) is 0 Å². The van der Waals surface area contributed by atoms with E-state index in [9.17, 15) is 9.59 Å². The summed E-state index contributed by atoms with van der Waals surface area (Å²) in [6.45, 7) is 7.80. The minimum atomic E-state index is -0.754. The smallest absolute Gasteiger partial charge is 0.248 e. The van der Waals surface area contributed by atoms with Gasteiger partial charge in [0.2, 0.25) is 11.8 Å². The predicted molar refractivity (Wildman–Crippen MR) is 71.6 cm³/mol. The van der Waals surface area contributed by atoms with E-state index in [4.69, 9.17) is 4.74 Å². The van der Waals surface area contributed by atoms with Gasteiger partial charge in [0.05, 0.1) is 6.10 Å². The van der Waals surface area contributed by atoms with Crippen molar-refractivity contribution in [2.45, 2.75) is 51.7 Å². The monoisotopic (exact) mass is 268 g/mol. The number of rotatable bonds is 3. The van der Waals surface area contributed by atoms with Crippen molar-refractivity contribution in [1.82, 2.24) is 10.2 Å². The summed E-state index contributed by atoms with van der Waals surface area (Å²) in [5.41, 5.74) is -0.754. The van der Waals surface area contributed by atoms with Gasteiger partial charge in [0.1, 0.15) is 5.54 Å². The third kappa shape index (κ3) is 2.91. The van der Waals surface area contributed by atoms with Gasteiger partial charge in [0, 0.05) is 32.0 Å². The number of carbonyl (C=O) groups excluding carboxylic acids is 2. The van der Waals surface area contributed by atoms with E-state index >= 15 is 0 Å². The van der Waals surface area contributed by atoms with Crippen molar-refractivity contribution in [3.8, 4) is 0 Å².